The van der Waals surface area contributed by atoms with E-state index < -0.39 is 0 Å². The minimum Gasteiger partial charge on any atom is -0.510 e. The smallest absolute Gasteiger partial charge is 0.161 e. The van der Waals surface area contributed by atoms with Crippen LogP contribution in [0.15, 0.2) is 48.2 Å². The van der Waals surface area contributed by atoms with Crippen molar-refractivity contribution < 1.29 is 14.6 Å². The lowest BCUT2D eigenvalue weighted by molar-refractivity contribution is 0.287. The lowest BCUT2D eigenvalue weighted by atomic mass is 10.1. The number of para-hydroxylation sites is 1. The number of hydrogen-bond donors (Lipinski definition) is 2. The highest BCUT2D eigenvalue weighted by atomic mass is 32.1. The summed E-state index contributed by atoms with van der Waals surface area (Å²) in [5.74, 6) is 2.02. The number of nitrogens with one attached hydrogen (secondary N) is 1. The monoisotopic (exact) mass is 423 g/mol. The number of amidine groups is 1. The number of benzene rings is 2. The van der Waals surface area contributed by atoms with Gasteiger partial charge in [0.1, 0.15) is 16.6 Å². The number of rotatable bonds is 8. The van der Waals surface area contributed by atoms with E-state index in [4.69, 9.17) is 14.9 Å². The molecule has 0 bridgehead atoms. The quantitative estimate of drug-likeness (QED) is 0.539. The zero-order chi connectivity index (χ0) is 21.1. The molecule has 0 spiro atoms. The summed E-state index contributed by atoms with van der Waals surface area (Å²) in [5.41, 5.74) is 2.53. The highest BCUT2D eigenvalue weighted by Crippen LogP contribution is 2.33. The topological polar surface area (TPSA) is 78.7 Å². The van der Waals surface area contributed by atoms with Crippen molar-refractivity contribution in [2.75, 3.05) is 26.3 Å². The molecule has 2 heterocycles. The van der Waals surface area contributed by atoms with Crippen LogP contribution in [0.25, 0.3) is 15.8 Å². The molecule has 0 aliphatic carbocycles. The van der Waals surface area contributed by atoms with E-state index in [2.05, 4.69) is 4.98 Å². The van der Waals surface area contributed by atoms with E-state index in [1.165, 1.54) is 11.3 Å². The van der Waals surface area contributed by atoms with Crippen LogP contribution in [0.4, 0.5) is 0 Å². The van der Waals surface area contributed by atoms with E-state index in [9.17, 15) is 5.11 Å². The molecule has 7 heteroatoms. The molecule has 0 amide bonds. The number of nitrogens with zero attached hydrogens (tertiary/aromatic N) is 2. The molecular formula is C23H25N3O3S. The van der Waals surface area contributed by atoms with Gasteiger partial charge in [-0.3, -0.25) is 5.41 Å². The number of aliphatic hydroxyl groups is 1. The Kier molecular flexibility index (Phi) is 5.90. The van der Waals surface area contributed by atoms with Crippen LogP contribution in [0.5, 0.6) is 11.5 Å². The second kappa shape index (κ2) is 8.75. The summed E-state index contributed by atoms with van der Waals surface area (Å²) >= 11 is 1.51. The van der Waals surface area contributed by atoms with Crippen LogP contribution in [0, 0.1) is 5.41 Å². The van der Waals surface area contributed by atoms with Crippen LogP contribution in [-0.4, -0.2) is 47.1 Å². The molecule has 3 aromatic rings. The highest BCUT2D eigenvalue weighted by Gasteiger charge is 2.30. The molecule has 2 N–H and O–H groups in total. The third kappa shape index (κ3) is 3.98. The Balaban J connectivity index is 1.47. The minimum atomic E-state index is 0.209. The number of ether oxygens (including phenoxy) is 2. The fourth-order valence-electron chi connectivity index (χ4n) is 3.54. The average Bonchev–Trinajstić information content (AvgIpc) is 3.28. The molecule has 0 fully saturated rings. The number of aromatic nitrogens is 1. The van der Waals surface area contributed by atoms with E-state index in [-0.39, 0.29) is 5.76 Å². The van der Waals surface area contributed by atoms with Gasteiger partial charge in [0.2, 0.25) is 0 Å². The first kappa shape index (κ1) is 20.2. The molecule has 1 aliphatic rings. The van der Waals surface area contributed by atoms with Crippen molar-refractivity contribution in [1.29, 1.82) is 5.41 Å². The van der Waals surface area contributed by atoms with Gasteiger partial charge in [-0.15, -0.1) is 11.3 Å². The molecule has 1 aromatic heterocycles. The van der Waals surface area contributed by atoms with Gasteiger partial charge in [0, 0.05) is 6.54 Å². The van der Waals surface area contributed by atoms with Gasteiger partial charge < -0.3 is 19.5 Å². The van der Waals surface area contributed by atoms with Crippen LogP contribution in [0.3, 0.4) is 0 Å². The van der Waals surface area contributed by atoms with E-state index in [1.54, 1.807) is 0 Å². The zero-order valence-electron chi connectivity index (χ0n) is 17.1. The van der Waals surface area contributed by atoms with Crippen molar-refractivity contribution in [3.63, 3.8) is 0 Å². The third-order valence-electron chi connectivity index (χ3n) is 4.97. The molecule has 0 atom stereocenters. The Bertz CT molecular complexity index is 1070. The van der Waals surface area contributed by atoms with Gasteiger partial charge in [0.15, 0.2) is 11.5 Å². The molecule has 0 radical (unpaired) electrons. The van der Waals surface area contributed by atoms with E-state index in [0.29, 0.717) is 42.7 Å². The number of thiazole rings is 1. The molecule has 156 valence electrons. The summed E-state index contributed by atoms with van der Waals surface area (Å²) in [4.78, 5) is 6.49. The first-order chi connectivity index (χ1) is 14.6. The maximum atomic E-state index is 10.5. The van der Waals surface area contributed by atoms with Crippen LogP contribution in [0.1, 0.15) is 24.4 Å². The molecule has 6 nitrogen and oxygen atoms in total. The molecule has 0 saturated carbocycles. The van der Waals surface area contributed by atoms with E-state index in [1.807, 2.05) is 61.2 Å². The van der Waals surface area contributed by atoms with Gasteiger partial charge in [-0.1, -0.05) is 18.2 Å². The summed E-state index contributed by atoms with van der Waals surface area (Å²) in [7, 11) is 0. The Morgan fingerprint density at radius 1 is 1.10 bits per heavy atom. The molecule has 0 saturated heterocycles. The minimum absolute atomic E-state index is 0.209. The maximum Gasteiger partial charge on any atom is 0.161 e. The summed E-state index contributed by atoms with van der Waals surface area (Å²) in [6, 6.07) is 13.8. The normalized spacial score (nSPS) is 14.1. The standard InChI is InChI=1S/C23H25N3O3S/c1-3-28-18-10-9-15(13-19(18)29-4-2)11-12-26-14-17(27)21(22(26)24)23-25-16-7-5-6-8-20(16)30-23/h5-10,13,24,27H,3-4,11-12,14H2,1-2H3. The predicted molar refractivity (Wildman–Crippen MR) is 121 cm³/mol. The summed E-state index contributed by atoms with van der Waals surface area (Å²) in [5, 5.41) is 19.8. The Morgan fingerprint density at radius 2 is 1.87 bits per heavy atom. The summed E-state index contributed by atoms with van der Waals surface area (Å²) in [6.07, 6.45) is 0.731. The van der Waals surface area contributed by atoms with Crippen molar-refractivity contribution in [3.8, 4) is 11.5 Å². The van der Waals surface area contributed by atoms with Crippen molar-refractivity contribution in [3.05, 3.63) is 58.8 Å². The number of aliphatic hydroxyl groups excluding tert-OH is 1. The highest BCUT2D eigenvalue weighted by molar-refractivity contribution is 7.19. The van der Waals surface area contributed by atoms with Gasteiger partial charge in [0.25, 0.3) is 0 Å². The lowest BCUT2D eigenvalue weighted by Crippen LogP contribution is -2.28. The van der Waals surface area contributed by atoms with Crippen molar-refractivity contribution in [2.24, 2.45) is 0 Å². The van der Waals surface area contributed by atoms with E-state index >= 15 is 0 Å². The molecule has 0 unspecified atom stereocenters. The largest absolute Gasteiger partial charge is 0.510 e. The van der Waals surface area contributed by atoms with Gasteiger partial charge in [-0.05, 0) is 50.1 Å². The summed E-state index contributed by atoms with van der Waals surface area (Å²) in [6.45, 7) is 6.01. The number of fused-ring (bicyclic) bond motifs is 1. The van der Waals surface area contributed by atoms with Gasteiger partial charge >= 0.3 is 0 Å². The zero-order valence-corrected chi connectivity index (χ0v) is 18.0. The molecule has 4 rings (SSSR count). The first-order valence-corrected chi connectivity index (χ1v) is 10.9. The number of hydrogen-bond acceptors (Lipinski definition) is 6. The molecule has 30 heavy (non-hydrogen) atoms. The van der Waals surface area contributed by atoms with Crippen LogP contribution < -0.4 is 9.47 Å². The Labute approximate surface area is 179 Å². The van der Waals surface area contributed by atoms with Gasteiger partial charge in [-0.2, -0.15) is 0 Å². The second-order valence-corrected chi connectivity index (χ2v) is 8.01. The Hall–Kier alpha value is -3.06. The lowest BCUT2D eigenvalue weighted by Gasteiger charge is -2.19. The van der Waals surface area contributed by atoms with Gasteiger partial charge in [0.05, 0.1) is 35.5 Å². The van der Waals surface area contributed by atoms with Gasteiger partial charge in [-0.25, -0.2) is 4.98 Å². The first-order valence-electron chi connectivity index (χ1n) is 10.1. The molecular weight excluding hydrogens is 398 g/mol. The van der Waals surface area contributed by atoms with Crippen molar-refractivity contribution in [2.45, 2.75) is 20.3 Å². The van der Waals surface area contributed by atoms with Crippen LogP contribution >= 0.6 is 11.3 Å². The van der Waals surface area contributed by atoms with Crippen molar-refractivity contribution >= 4 is 33.0 Å². The fraction of sp³-hybridized carbons (Fsp3) is 0.304. The van der Waals surface area contributed by atoms with Crippen molar-refractivity contribution in [1.82, 2.24) is 9.88 Å². The second-order valence-electron chi connectivity index (χ2n) is 6.98. The van der Waals surface area contributed by atoms with Crippen LogP contribution in [0.2, 0.25) is 0 Å². The molecule has 1 aliphatic heterocycles. The Morgan fingerprint density at radius 3 is 2.63 bits per heavy atom. The average molecular weight is 424 g/mol. The predicted octanol–water partition coefficient (Wildman–Crippen LogP) is 4.90. The SMILES string of the molecule is CCOc1ccc(CCN2CC(O)=C(c3nc4ccccc4s3)C2=N)cc1OCC. The third-order valence-corrected chi connectivity index (χ3v) is 6.02. The van der Waals surface area contributed by atoms with E-state index in [0.717, 1.165) is 33.7 Å². The molecule has 2 aromatic carbocycles. The van der Waals surface area contributed by atoms with Crippen LogP contribution in [-0.2, 0) is 6.42 Å². The maximum absolute atomic E-state index is 10.5. The summed E-state index contributed by atoms with van der Waals surface area (Å²) < 4.78 is 12.4. The fourth-order valence-corrected chi connectivity index (χ4v) is 4.58.